The van der Waals surface area contributed by atoms with Crippen LogP contribution in [0.4, 0.5) is 17.1 Å². The van der Waals surface area contributed by atoms with Gasteiger partial charge in [0, 0.05) is 54.2 Å². The summed E-state index contributed by atoms with van der Waals surface area (Å²) in [5, 5.41) is 0. The summed E-state index contributed by atoms with van der Waals surface area (Å²) in [6.07, 6.45) is 25.0. The predicted octanol–water partition coefficient (Wildman–Crippen LogP) is 13.6. The molecule has 0 aliphatic heterocycles. The molecule has 1 aliphatic rings. The van der Waals surface area contributed by atoms with Crippen molar-refractivity contribution in [3.63, 3.8) is 0 Å². The fraction of sp³-hybridized carbons (Fsp3) is 0.392. The second-order valence-electron chi connectivity index (χ2n) is 15.4. The Labute approximate surface area is 344 Å². The van der Waals surface area contributed by atoms with Crippen LogP contribution in [0.2, 0.25) is 0 Å². The minimum absolute atomic E-state index is 0.105. The Morgan fingerprint density at radius 3 is 1.65 bits per heavy atom. The maximum Gasteiger partial charge on any atom is 0.295 e. The van der Waals surface area contributed by atoms with Gasteiger partial charge in [0.15, 0.2) is 0 Å². The van der Waals surface area contributed by atoms with Crippen molar-refractivity contribution in [1.82, 2.24) is 0 Å². The summed E-state index contributed by atoms with van der Waals surface area (Å²) in [6, 6.07) is 33.2. The van der Waals surface area contributed by atoms with Crippen LogP contribution >= 0.6 is 0 Å². The summed E-state index contributed by atoms with van der Waals surface area (Å²) in [4.78, 5) is 2.27. The highest BCUT2D eigenvalue weighted by Crippen LogP contribution is 2.36. The van der Waals surface area contributed by atoms with Crippen LogP contribution in [0.15, 0.2) is 132 Å². The lowest BCUT2D eigenvalue weighted by molar-refractivity contribution is -0.439. The van der Waals surface area contributed by atoms with E-state index in [9.17, 15) is 13.0 Å². The van der Waals surface area contributed by atoms with Crippen LogP contribution < -0.4 is 4.90 Å². The van der Waals surface area contributed by atoms with E-state index in [1.54, 1.807) is 12.1 Å². The molecule has 1 aliphatic carbocycles. The third-order valence-corrected chi connectivity index (χ3v) is 11.9. The van der Waals surface area contributed by atoms with Crippen molar-refractivity contribution in [2.24, 2.45) is 0 Å². The van der Waals surface area contributed by atoms with Crippen molar-refractivity contribution in [3.8, 4) is 0 Å². The van der Waals surface area contributed by atoms with Crippen LogP contribution in [-0.2, 0) is 23.0 Å². The van der Waals surface area contributed by atoms with Crippen molar-refractivity contribution in [2.75, 3.05) is 18.0 Å². The SMILES string of the molecule is CCCCCCc1ccc(N(CCCC)c2ccc(C(=C3C=CC(=[N+](CCCC)c4ccc(CCCCCC)cc4)C=C3)c3ccccc3S(=O)(=O)O)cc2)cc1. The zero-order valence-electron chi connectivity index (χ0n) is 34.9. The number of anilines is 2. The Morgan fingerprint density at radius 2 is 1.11 bits per heavy atom. The first-order valence-electron chi connectivity index (χ1n) is 21.6. The molecule has 6 heteroatoms. The number of nitrogens with zero attached hydrogens (tertiary/aromatic N) is 2. The first kappa shape index (κ1) is 43.6. The van der Waals surface area contributed by atoms with Gasteiger partial charge in [0.25, 0.3) is 10.1 Å². The van der Waals surface area contributed by atoms with E-state index in [-0.39, 0.29) is 4.90 Å². The fourth-order valence-corrected chi connectivity index (χ4v) is 8.33. The summed E-state index contributed by atoms with van der Waals surface area (Å²) < 4.78 is 38.3. The van der Waals surface area contributed by atoms with E-state index in [0.29, 0.717) is 5.56 Å². The van der Waals surface area contributed by atoms with Crippen LogP contribution in [0.25, 0.3) is 5.57 Å². The Hall–Kier alpha value is -4.52. The normalized spacial score (nSPS) is 12.6. The molecule has 0 spiro atoms. The first-order valence-corrected chi connectivity index (χ1v) is 23.1. The second kappa shape index (κ2) is 22.4. The van der Waals surface area contributed by atoms with E-state index >= 15 is 0 Å². The molecule has 0 fully saturated rings. The molecule has 0 aromatic heterocycles. The van der Waals surface area contributed by atoms with Crippen LogP contribution in [-0.4, -0.2) is 36.3 Å². The van der Waals surface area contributed by atoms with Crippen LogP contribution in [0.1, 0.15) is 127 Å². The Balaban J connectivity index is 1.51. The van der Waals surface area contributed by atoms with Gasteiger partial charge in [-0.3, -0.25) is 4.55 Å². The molecule has 0 heterocycles. The molecule has 5 nitrogen and oxygen atoms in total. The van der Waals surface area contributed by atoms with Crippen LogP contribution in [0.5, 0.6) is 0 Å². The van der Waals surface area contributed by atoms with Gasteiger partial charge in [-0.2, -0.15) is 13.0 Å². The van der Waals surface area contributed by atoms with Crippen molar-refractivity contribution in [2.45, 2.75) is 122 Å². The maximum absolute atomic E-state index is 12.8. The van der Waals surface area contributed by atoms with Crippen molar-refractivity contribution in [3.05, 3.63) is 149 Å². The Morgan fingerprint density at radius 1 is 0.579 bits per heavy atom. The number of hydrogen-bond acceptors (Lipinski definition) is 3. The van der Waals surface area contributed by atoms with Crippen LogP contribution in [0.3, 0.4) is 0 Å². The van der Waals surface area contributed by atoms with E-state index in [0.717, 1.165) is 79.7 Å². The molecule has 0 atom stereocenters. The third kappa shape index (κ3) is 12.5. The lowest BCUT2D eigenvalue weighted by Crippen LogP contribution is -2.18. The zero-order valence-corrected chi connectivity index (χ0v) is 35.7. The van der Waals surface area contributed by atoms with E-state index in [2.05, 4.69) is 134 Å². The van der Waals surface area contributed by atoms with Crippen molar-refractivity contribution in [1.29, 1.82) is 0 Å². The summed E-state index contributed by atoms with van der Waals surface area (Å²) in [5.41, 5.74) is 10.2. The molecule has 0 amide bonds. The van der Waals surface area contributed by atoms with Crippen LogP contribution in [0, 0.1) is 0 Å². The quantitative estimate of drug-likeness (QED) is 0.0490. The Kier molecular flexibility index (Phi) is 17.2. The molecule has 57 heavy (non-hydrogen) atoms. The highest BCUT2D eigenvalue weighted by atomic mass is 32.2. The molecule has 302 valence electrons. The molecule has 5 rings (SSSR count). The zero-order chi connectivity index (χ0) is 40.5. The predicted molar refractivity (Wildman–Crippen MR) is 242 cm³/mol. The highest BCUT2D eigenvalue weighted by molar-refractivity contribution is 7.86. The standard InChI is InChI=1S/C51H64N2O3S/c1-5-9-13-15-19-41-23-31-45(32-24-41)52(39-11-7-3)47-35-27-43(28-36-47)51(49-21-17-18-22-50(49)57(54,55)56)44-29-37-48(38-30-44)53(40-12-8-4)46-33-25-42(26-34-46)20-16-14-10-6-2/h17-18,21-38H,5-16,19-20,39-40H2,1-4H3/p+1. The summed E-state index contributed by atoms with van der Waals surface area (Å²) in [5.74, 6) is 0. The van der Waals surface area contributed by atoms with Crippen molar-refractivity contribution >= 4 is 38.5 Å². The second-order valence-corrected chi connectivity index (χ2v) is 16.8. The van der Waals surface area contributed by atoms with E-state index in [1.807, 2.05) is 6.07 Å². The molecule has 0 bridgehead atoms. The van der Waals surface area contributed by atoms with E-state index in [4.69, 9.17) is 0 Å². The summed E-state index contributed by atoms with van der Waals surface area (Å²) >= 11 is 0. The molecular formula is C51H65N2O3S+. The molecule has 0 saturated carbocycles. The van der Waals surface area contributed by atoms with Gasteiger partial charge in [-0.1, -0.05) is 134 Å². The average Bonchev–Trinajstić information content (AvgIpc) is 3.23. The molecule has 4 aromatic carbocycles. The highest BCUT2D eigenvalue weighted by Gasteiger charge is 2.23. The van der Waals surface area contributed by atoms with Gasteiger partial charge in [-0.15, -0.1) is 0 Å². The van der Waals surface area contributed by atoms with Gasteiger partial charge in [0.05, 0.1) is 0 Å². The Bertz CT molecular complexity index is 2070. The lowest BCUT2D eigenvalue weighted by Gasteiger charge is -2.26. The summed E-state index contributed by atoms with van der Waals surface area (Å²) in [7, 11) is -4.49. The maximum atomic E-state index is 12.8. The number of rotatable bonds is 22. The summed E-state index contributed by atoms with van der Waals surface area (Å²) in [6.45, 7) is 10.7. The van der Waals surface area contributed by atoms with Gasteiger partial charge in [0.1, 0.15) is 11.4 Å². The number of benzene rings is 4. The van der Waals surface area contributed by atoms with Crippen molar-refractivity contribution < 1.29 is 17.5 Å². The van der Waals surface area contributed by atoms with Gasteiger partial charge in [-0.05, 0) is 102 Å². The molecule has 1 N–H and O–H groups in total. The lowest BCUT2D eigenvalue weighted by atomic mass is 9.90. The molecular weight excluding hydrogens is 721 g/mol. The van der Waals surface area contributed by atoms with E-state index in [1.165, 1.54) is 79.9 Å². The smallest absolute Gasteiger partial charge is 0.295 e. The fourth-order valence-electron chi connectivity index (χ4n) is 7.64. The first-order chi connectivity index (χ1) is 27.8. The number of unbranched alkanes of at least 4 members (excludes halogenated alkanes) is 8. The molecule has 0 unspecified atom stereocenters. The largest absolute Gasteiger partial charge is 0.341 e. The van der Waals surface area contributed by atoms with Gasteiger partial charge >= 0.3 is 0 Å². The number of hydrogen-bond donors (Lipinski definition) is 1. The molecule has 0 radical (unpaired) electrons. The third-order valence-electron chi connectivity index (χ3n) is 11.0. The minimum atomic E-state index is -4.49. The average molecular weight is 786 g/mol. The minimum Gasteiger partial charge on any atom is -0.341 e. The number of allylic oxidation sites excluding steroid dienone is 5. The number of aryl methyl sites for hydroxylation is 2. The molecule has 4 aromatic rings. The van der Waals surface area contributed by atoms with Gasteiger partial charge in [0.2, 0.25) is 11.4 Å². The van der Waals surface area contributed by atoms with Gasteiger partial charge < -0.3 is 4.90 Å². The topological polar surface area (TPSA) is 60.6 Å². The monoisotopic (exact) mass is 785 g/mol. The van der Waals surface area contributed by atoms with E-state index < -0.39 is 10.1 Å². The molecule has 0 saturated heterocycles. The van der Waals surface area contributed by atoms with Gasteiger partial charge in [-0.25, -0.2) is 0 Å².